The summed E-state index contributed by atoms with van der Waals surface area (Å²) in [6.45, 7) is 3.75. The maximum atomic E-state index is 5.28. The van der Waals surface area contributed by atoms with Crippen LogP contribution in [0.3, 0.4) is 0 Å². The van der Waals surface area contributed by atoms with Crippen LogP contribution in [0.4, 0.5) is 5.69 Å². The van der Waals surface area contributed by atoms with Crippen molar-refractivity contribution in [3.8, 4) is 0 Å². The van der Waals surface area contributed by atoms with Crippen LogP contribution < -0.4 is 4.90 Å². The summed E-state index contributed by atoms with van der Waals surface area (Å²) in [5, 5.41) is 0. The van der Waals surface area contributed by atoms with Crippen LogP contribution >= 0.6 is 0 Å². The average molecular weight is 222 g/mol. The Hall–Kier alpha value is -0.514. The molecule has 1 fully saturated rings. The summed E-state index contributed by atoms with van der Waals surface area (Å²) in [6.07, 6.45) is 0. The summed E-state index contributed by atoms with van der Waals surface area (Å²) in [7, 11) is 0. The summed E-state index contributed by atoms with van der Waals surface area (Å²) < 4.78 is 5.28. The van der Waals surface area contributed by atoms with Crippen molar-refractivity contribution in [2.24, 2.45) is 0 Å². The van der Waals surface area contributed by atoms with Gasteiger partial charge in [0, 0.05) is 35.6 Å². The van der Waals surface area contributed by atoms with Gasteiger partial charge in [-0.1, -0.05) is 18.2 Å². The smallest absolute Gasteiger partial charge is 0.0642 e. The van der Waals surface area contributed by atoms with E-state index < -0.39 is 0 Å². The molecule has 0 saturated carbocycles. The molecule has 2 nitrogen and oxygen atoms in total. The van der Waals surface area contributed by atoms with Gasteiger partial charge in [-0.25, -0.2) is 0 Å². The molecular formula is C10H13CoNO. The van der Waals surface area contributed by atoms with Crippen molar-refractivity contribution in [2.75, 3.05) is 31.2 Å². The summed E-state index contributed by atoms with van der Waals surface area (Å²) in [5.41, 5.74) is 1.31. The maximum absolute atomic E-state index is 5.28. The molecule has 0 amide bonds. The van der Waals surface area contributed by atoms with Gasteiger partial charge in [0.05, 0.1) is 13.2 Å². The molecule has 1 saturated heterocycles. The predicted octanol–water partition coefficient (Wildman–Crippen LogP) is 1.52. The Kier molecular flexibility index (Phi) is 4.28. The van der Waals surface area contributed by atoms with E-state index in [9.17, 15) is 0 Å². The molecule has 1 aromatic rings. The van der Waals surface area contributed by atoms with E-state index in [1.807, 2.05) is 6.07 Å². The minimum atomic E-state index is 0. The van der Waals surface area contributed by atoms with Gasteiger partial charge in [-0.15, -0.1) is 0 Å². The predicted molar refractivity (Wildman–Crippen MR) is 49.5 cm³/mol. The Labute approximate surface area is 89.1 Å². The summed E-state index contributed by atoms with van der Waals surface area (Å²) in [4.78, 5) is 2.35. The van der Waals surface area contributed by atoms with Crippen molar-refractivity contribution >= 4 is 5.69 Å². The van der Waals surface area contributed by atoms with Crippen molar-refractivity contribution < 1.29 is 21.5 Å². The van der Waals surface area contributed by atoms with Crippen LogP contribution in [0.1, 0.15) is 0 Å². The second-order valence-electron chi connectivity index (χ2n) is 2.93. The van der Waals surface area contributed by atoms with E-state index in [1.54, 1.807) is 0 Å². The number of nitrogens with zero attached hydrogens (tertiary/aromatic N) is 1. The van der Waals surface area contributed by atoms with Gasteiger partial charge in [-0.05, 0) is 12.1 Å². The fraction of sp³-hybridized carbons (Fsp3) is 0.400. The van der Waals surface area contributed by atoms with Gasteiger partial charge in [-0.3, -0.25) is 0 Å². The van der Waals surface area contributed by atoms with Crippen molar-refractivity contribution in [1.29, 1.82) is 0 Å². The molecule has 0 unspecified atom stereocenters. The molecule has 2 rings (SSSR count). The number of para-hydroxylation sites is 1. The standard InChI is InChI=1S/C10H13NO.Co/c1-2-4-10(5-3-1)11-6-8-12-9-7-11;/h1-5H,6-9H2;. The number of hydrogen-bond acceptors (Lipinski definition) is 2. The third-order valence-electron chi connectivity index (χ3n) is 2.13. The second-order valence-corrected chi connectivity index (χ2v) is 2.93. The Morgan fingerprint density at radius 3 is 2.23 bits per heavy atom. The molecule has 13 heavy (non-hydrogen) atoms. The molecule has 1 radical (unpaired) electrons. The molecule has 73 valence electrons. The van der Waals surface area contributed by atoms with E-state index in [2.05, 4.69) is 29.2 Å². The normalized spacial score (nSPS) is 16.5. The number of rotatable bonds is 1. The van der Waals surface area contributed by atoms with E-state index in [0.717, 1.165) is 26.3 Å². The number of ether oxygens (including phenoxy) is 1. The molecular weight excluding hydrogens is 209 g/mol. The van der Waals surface area contributed by atoms with Crippen LogP contribution in [-0.2, 0) is 21.5 Å². The van der Waals surface area contributed by atoms with Gasteiger partial charge in [0.15, 0.2) is 0 Å². The van der Waals surface area contributed by atoms with Gasteiger partial charge in [-0.2, -0.15) is 0 Å². The van der Waals surface area contributed by atoms with Crippen LogP contribution in [-0.4, -0.2) is 26.3 Å². The van der Waals surface area contributed by atoms with Crippen LogP contribution in [0.5, 0.6) is 0 Å². The fourth-order valence-electron chi connectivity index (χ4n) is 1.46. The molecule has 0 aromatic heterocycles. The van der Waals surface area contributed by atoms with E-state index >= 15 is 0 Å². The summed E-state index contributed by atoms with van der Waals surface area (Å²) in [5.74, 6) is 0. The van der Waals surface area contributed by atoms with Crippen molar-refractivity contribution in [3.05, 3.63) is 30.3 Å². The van der Waals surface area contributed by atoms with Gasteiger partial charge in [0.25, 0.3) is 0 Å². The first-order chi connectivity index (χ1) is 5.97. The van der Waals surface area contributed by atoms with E-state index in [-0.39, 0.29) is 16.8 Å². The van der Waals surface area contributed by atoms with Crippen LogP contribution in [0.2, 0.25) is 0 Å². The average Bonchev–Trinajstić information content (AvgIpc) is 2.21. The molecule has 0 aliphatic carbocycles. The van der Waals surface area contributed by atoms with E-state index in [4.69, 9.17) is 4.74 Å². The van der Waals surface area contributed by atoms with Gasteiger partial charge in [0.1, 0.15) is 0 Å². The molecule has 1 aromatic carbocycles. The van der Waals surface area contributed by atoms with E-state index in [1.165, 1.54) is 5.69 Å². The third-order valence-corrected chi connectivity index (χ3v) is 2.13. The number of morpholine rings is 1. The minimum absolute atomic E-state index is 0. The maximum Gasteiger partial charge on any atom is 0.0642 e. The Morgan fingerprint density at radius 1 is 1.00 bits per heavy atom. The summed E-state index contributed by atoms with van der Waals surface area (Å²) in [6, 6.07) is 10.5. The zero-order chi connectivity index (χ0) is 8.23. The van der Waals surface area contributed by atoms with Gasteiger partial charge < -0.3 is 9.64 Å². The quantitative estimate of drug-likeness (QED) is 0.714. The van der Waals surface area contributed by atoms with Crippen molar-refractivity contribution in [3.63, 3.8) is 0 Å². The Bertz CT molecular complexity index is 234. The first-order valence-electron chi connectivity index (χ1n) is 4.34. The van der Waals surface area contributed by atoms with E-state index in [0.29, 0.717) is 0 Å². The molecule has 3 heteroatoms. The number of hydrogen-bond donors (Lipinski definition) is 0. The monoisotopic (exact) mass is 222 g/mol. The summed E-state index contributed by atoms with van der Waals surface area (Å²) >= 11 is 0. The van der Waals surface area contributed by atoms with Crippen LogP contribution in [0, 0.1) is 0 Å². The second kappa shape index (κ2) is 5.27. The minimum Gasteiger partial charge on any atom is -0.378 e. The first-order valence-corrected chi connectivity index (χ1v) is 4.34. The zero-order valence-corrected chi connectivity index (χ0v) is 8.45. The topological polar surface area (TPSA) is 12.5 Å². The van der Waals surface area contributed by atoms with Crippen LogP contribution in [0.15, 0.2) is 30.3 Å². The molecule has 0 atom stereocenters. The van der Waals surface area contributed by atoms with Crippen molar-refractivity contribution in [1.82, 2.24) is 0 Å². The molecule has 0 bridgehead atoms. The molecule has 1 aliphatic rings. The largest absolute Gasteiger partial charge is 0.378 e. The zero-order valence-electron chi connectivity index (χ0n) is 7.40. The van der Waals surface area contributed by atoms with Gasteiger partial charge in [0.2, 0.25) is 0 Å². The molecule has 0 N–H and O–H groups in total. The van der Waals surface area contributed by atoms with Crippen molar-refractivity contribution in [2.45, 2.75) is 0 Å². The molecule has 1 heterocycles. The number of anilines is 1. The number of benzene rings is 1. The Morgan fingerprint density at radius 2 is 1.62 bits per heavy atom. The Balaban J connectivity index is 0.000000845. The fourth-order valence-corrected chi connectivity index (χ4v) is 1.46. The van der Waals surface area contributed by atoms with Crippen LogP contribution in [0.25, 0.3) is 0 Å². The SMILES string of the molecule is [Co].c1ccc(N2CCOCC2)cc1. The first kappa shape index (κ1) is 10.6. The third kappa shape index (κ3) is 2.72. The van der Waals surface area contributed by atoms with Gasteiger partial charge >= 0.3 is 0 Å². The molecule has 0 spiro atoms. The molecule has 1 aliphatic heterocycles.